The number of amides is 1. The van der Waals surface area contributed by atoms with Crippen molar-refractivity contribution in [2.24, 2.45) is 0 Å². The van der Waals surface area contributed by atoms with Crippen molar-refractivity contribution in [1.82, 2.24) is 4.31 Å². The van der Waals surface area contributed by atoms with Crippen LogP contribution >= 0.6 is 0 Å². The van der Waals surface area contributed by atoms with Gasteiger partial charge in [-0.3, -0.25) is 4.79 Å². The summed E-state index contributed by atoms with van der Waals surface area (Å²) >= 11 is 0. The third-order valence-corrected chi connectivity index (χ3v) is 4.65. The summed E-state index contributed by atoms with van der Waals surface area (Å²) < 4.78 is 24.1. The van der Waals surface area contributed by atoms with Crippen LogP contribution in [0.5, 0.6) is 0 Å². The minimum absolute atomic E-state index is 0.0420. The third-order valence-electron chi connectivity index (χ3n) is 2.87. The first-order valence-electron chi connectivity index (χ1n) is 5.58. The SMILES string of the molecule is Cc1cccc(CCN2C(=O)CCS2(=O)=O)c1. The number of benzene rings is 1. The smallest absolute Gasteiger partial charge is 0.237 e. The highest BCUT2D eigenvalue weighted by Crippen LogP contribution is 2.16. The molecule has 1 aliphatic heterocycles. The Balaban J connectivity index is 2.06. The van der Waals surface area contributed by atoms with Crippen LogP contribution in [-0.2, 0) is 21.2 Å². The van der Waals surface area contributed by atoms with E-state index < -0.39 is 10.0 Å². The Morgan fingerprint density at radius 2 is 2.12 bits per heavy atom. The molecule has 1 amide bonds. The van der Waals surface area contributed by atoms with Gasteiger partial charge in [0.25, 0.3) is 0 Å². The number of aryl methyl sites for hydroxylation is 1. The second-order valence-electron chi connectivity index (χ2n) is 4.27. The summed E-state index contributed by atoms with van der Waals surface area (Å²) in [4.78, 5) is 11.4. The fourth-order valence-electron chi connectivity index (χ4n) is 1.97. The van der Waals surface area contributed by atoms with Gasteiger partial charge in [0.1, 0.15) is 0 Å². The molecule has 1 aliphatic rings. The van der Waals surface area contributed by atoms with Gasteiger partial charge >= 0.3 is 0 Å². The summed E-state index contributed by atoms with van der Waals surface area (Å²) in [5, 5.41) is 0. The molecular weight excluding hydrogens is 238 g/mol. The lowest BCUT2D eigenvalue weighted by Crippen LogP contribution is -2.31. The molecule has 17 heavy (non-hydrogen) atoms. The molecule has 4 nitrogen and oxygen atoms in total. The number of hydrogen-bond acceptors (Lipinski definition) is 3. The maximum atomic E-state index is 11.6. The van der Waals surface area contributed by atoms with Crippen molar-refractivity contribution < 1.29 is 13.2 Å². The van der Waals surface area contributed by atoms with Crippen LogP contribution in [0.2, 0.25) is 0 Å². The van der Waals surface area contributed by atoms with Crippen molar-refractivity contribution in [2.45, 2.75) is 19.8 Å². The second-order valence-corrected chi connectivity index (χ2v) is 6.28. The molecular formula is C12H15NO3S. The lowest BCUT2D eigenvalue weighted by molar-refractivity contribution is -0.125. The quantitative estimate of drug-likeness (QED) is 0.810. The molecule has 0 saturated carbocycles. The highest BCUT2D eigenvalue weighted by molar-refractivity contribution is 7.90. The number of rotatable bonds is 3. The molecule has 1 fully saturated rings. The van der Waals surface area contributed by atoms with E-state index in [4.69, 9.17) is 0 Å². The van der Waals surface area contributed by atoms with E-state index in [9.17, 15) is 13.2 Å². The monoisotopic (exact) mass is 253 g/mol. The minimum atomic E-state index is -3.33. The van der Waals surface area contributed by atoms with E-state index in [0.29, 0.717) is 6.42 Å². The molecule has 0 bridgehead atoms. The van der Waals surface area contributed by atoms with Gasteiger partial charge in [0.2, 0.25) is 15.9 Å². The van der Waals surface area contributed by atoms with E-state index in [2.05, 4.69) is 0 Å². The molecule has 0 radical (unpaired) electrons. The number of carbonyl (C=O) groups is 1. The molecule has 1 aromatic carbocycles. The maximum absolute atomic E-state index is 11.6. The highest BCUT2D eigenvalue weighted by Gasteiger charge is 2.34. The summed E-state index contributed by atoms with van der Waals surface area (Å²) in [5.41, 5.74) is 2.19. The Hall–Kier alpha value is -1.36. The van der Waals surface area contributed by atoms with Crippen molar-refractivity contribution in [3.63, 3.8) is 0 Å². The molecule has 1 heterocycles. The van der Waals surface area contributed by atoms with Gasteiger partial charge in [0.15, 0.2) is 0 Å². The van der Waals surface area contributed by atoms with Gasteiger partial charge in [-0.25, -0.2) is 12.7 Å². The molecule has 0 unspecified atom stereocenters. The predicted molar refractivity (Wildman–Crippen MR) is 65.0 cm³/mol. The molecule has 0 N–H and O–H groups in total. The highest BCUT2D eigenvalue weighted by atomic mass is 32.2. The summed E-state index contributed by atoms with van der Waals surface area (Å²) in [6.07, 6.45) is 0.697. The molecule has 92 valence electrons. The van der Waals surface area contributed by atoms with E-state index in [-0.39, 0.29) is 24.6 Å². The van der Waals surface area contributed by atoms with Gasteiger partial charge in [-0.05, 0) is 18.9 Å². The van der Waals surface area contributed by atoms with Crippen LogP contribution in [0, 0.1) is 6.92 Å². The molecule has 0 aliphatic carbocycles. The lowest BCUT2D eigenvalue weighted by Gasteiger charge is -2.14. The first-order chi connectivity index (χ1) is 7.99. The molecule has 1 aromatic rings. The molecule has 0 spiro atoms. The average Bonchev–Trinajstić information content (AvgIpc) is 2.51. The third kappa shape index (κ3) is 2.66. The van der Waals surface area contributed by atoms with Gasteiger partial charge in [-0.1, -0.05) is 29.8 Å². The van der Waals surface area contributed by atoms with E-state index in [1.807, 2.05) is 31.2 Å². The van der Waals surface area contributed by atoms with E-state index in [0.717, 1.165) is 15.4 Å². The number of nitrogens with zero attached hydrogens (tertiary/aromatic N) is 1. The van der Waals surface area contributed by atoms with E-state index in [1.165, 1.54) is 0 Å². The van der Waals surface area contributed by atoms with E-state index >= 15 is 0 Å². The van der Waals surface area contributed by atoms with Crippen molar-refractivity contribution in [1.29, 1.82) is 0 Å². The zero-order valence-electron chi connectivity index (χ0n) is 9.72. The lowest BCUT2D eigenvalue weighted by atomic mass is 10.1. The van der Waals surface area contributed by atoms with Gasteiger partial charge in [0.05, 0.1) is 5.75 Å². The maximum Gasteiger partial charge on any atom is 0.237 e. The predicted octanol–water partition coefficient (Wildman–Crippen LogP) is 1.10. The Labute approximate surface area is 101 Å². The van der Waals surface area contributed by atoms with Gasteiger partial charge in [-0.2, -0.15) is 0 Å². The van der Waals surface area contributed by atoms with Gasteiger partial charge in [0, 0.05) is 13.0 Å². The fourth-order valence-corrected chi connectivity index (χ4v) is 3.39. The van der Waals surface area contributed by atoms with E-state index in [1.54, 1.807) is 0 Å². The zero-order chi connectivity index (χ0) is 12.5. The minimum Gasteiger partial charge on any atom is -0.274 e. The molecule has 5 heteroatoms. The molecule has 2 rings (SSSR count). The topological polar surface area (TPSA) is 54.5 Å². The molecule has 0 atom stereocenters. The largest absolute Gasteiger partial charge is 0.274 e. The first kappa shape index (κ1) is 12.1. The summed E-state index contributed by atoms with van der Waals surface area (Å²) in [5.74, 6) is -0.322. The van der Waals surface area contributed by atoms with Crippen LogP contribution < -0.4 is 0 Å². The van der Waals surface area contributed by atoms with Crippen molar-refractivity contribution in [3.05, 3.63) is 35.4 Å². The van der Waals surface area contributed by atoms with Gasteiger partial charge in [-0.15, -0.1) is 0 Å². The average molecular weight is 253 g/mol. The van der Waals surface area contributed by atoms with Crippen LogP contribution in [-0.4, -0.2) is 30.9 Å². The molecule has 0 aromatic heterocycles. The van der Waals surface area contributed by atoms with Gasteiger partial charge < -0.3 is 0 Å². The van der Waals surface area contributed by atoms with Crippen LogP contribution in [0.4, 0.5) is 0 Å². The standard InChI is InChI=1S/C12H15NO3S/c1-10-3-2-4-11(9-10)5-7-13-12(14)6-8-17(13,15)16/h2-4,9H,5-8H2,1H3. The number of carbonyl (C=O) groups excluding carboxylic acids is 1. The normalized spacial score (nSPS) is 18.6. The Morgan fingerprint density at radius 1 is 1.35 bits per heavy atom. The van der Waals surface area contributed by atoms with Crippen LogP contribution in [0.25, 0.3) is 0 Å². The van der Waals surface area contributed by atoms with Crippen molar-refractivity contribution in [2.75, 3.05) is 12.3 Å². The van der Waals surface area contributed by atoms with Crippen molar-refractivity contribution in [3.8, 4) is 0 Å². The summed E-state index contributed by atoms with van der Waals surface area (Å²) in [6.45, 7) is 2.24. The molecule has 1 saturated heterocycles. The summed E-state index contributed by atoms with van der Waals surface area (Å²) in [6, 6.07) is 7.87. The Bertz CT molecular complexity index is 536. The Kier molecular flexibility index (Phi) is 3.19. The first-order valence-corrected chi connectivity index (χ1v) is 7.19. The number of sulfonamides is 1. The zero-order valence-corrected chi connectivity index (χ0v) is 10.5. The summed E-state index contributed by atoms with van der Waals surface area (Å²) in [7, 11) is -3.33. The Morgan fingerprint density at radius 3 is 2.71 bits per heavy atom. The van der Waals surface area contributed by atoms with Crippen LogP contribution in [0.3, 0.4) is 0 Å². The fraction of sp³-hybridized carbons (Fsp3) is 0.417. The van der Waals surface area contributed by atoms with Crippen LogP contribution in [0.1, 0.15) is 17.5 Å². The van der Waals surface area contributed by atoms with Crippen LogP contribution in [0.15, 0.2) is 24.3 Å². The second kappa shape index (κ2) is 4.49. The number of hydrogen-bond donors (Lipinski definition) is 0. The van der Waals surface area contributed by atoms with Crippen molar-refractivity contribution >= 4 is 15.9 Å².